The second-order valence-corrected chi connectivity index (χ2v) is 8.21. The fourth-order valence-corrected chi connectivity index (χ4v) is 5.20. The molecule has 0 spiro atoms. The van der Waals surface area contributed by atoms with E-state index in [2.05, 4.69) is 4.98 Å². The van der Waals surface area contributed by atoms with Crippen molar-refractivity contribution in [1.29, 1.82) is 0 Å². The molecule has 1 amide bonds. The lowest BCUT2D eigenvalue weighted by Gasteiger charge is -2.47. The maximum Gasteiger partial charge on any atom is 0.352 e. The highest BCUT2D eigenvalue weighted by atomic mass is 32.2. The number of carboxylic acids is 1. The van der Waals surface area contributed by atoms with Crippen LogP contribution in [0.4, 0.5) is 0 Å². The van der Waals surface area contributed by atoms with E-state index >= 15 is 0 Å². The number of thiazole rings is 1. The summed E-state index contributed by atoms with van der Waals surface area (Å²) in [5, 5.41) is 12.3. The molecule has 0 saturated carbocycles. The highest BCUT2D eigenvalue weighted by Crippen LogP contribution is 2.39. The molecule has 7 nitrogen and oxygen atoms in total. The van der Waals surface area contributed by atoms with Gasteiger partial charge in [0.1, 0.15) is 22.1 Å². The molecule has 3 N–H and O–H groups in total. The lowest BCUT2D eigenvalue weighted by Crippen LogP contribution is -2.68. The Morgan fingerprint density at radius 1 is 1.46 bits per heavy atom. The van der Waals surface area contributed by atoms with E-state index in [0.717, 1.165) is 16.3 Å². The number of carboxylic acid groups (broad SMARTS) is 1. The third-order valence-electron chi connectivity index (χ3n) is 4.42. The number of carbonyl (C=O) groups is 2. The van der Waals surface area contributed by atoms with Gasteiger partial charge in [0.25, 0.3) is 0 Å². The maximum atomic E-state index is 12.0. The standard InChI is InChI=1S/C17H16N4O3S2/c1-9-7-25-14(19-9)10-2-4-20(5-3-10)6-11-8-26-16-12(18)15(22)21(16)13(11)17(23)24/h2-5,7,12,16H,6,8,18H2,1H3/p+1/t12-,16-/m1/s1. The molecule has 2 atom stereocenters. The molecule has 134 valence electrons. The maximum absolute atomic E-state index is 12.0. The van der Waals surface area contributed by atoms with Crippen LogP contribution < -0.4 is 10.3 Å². The van der Waals surface area contributed by atoms with Gasteiger partial charge in [-0.2, -0.15) is 0 Å². The molecule has 2 aromatic heterocycles. The molecular weight excluding hydrogens is 372 g/mol. The summed E-state index contributed by atoms with van der Waals surface area (Å²) in [6, 6.07) is 3.32. The Kier molecular flexibility index (Phi) is 4.29. The van der Waals surface area contributed by atoms with Crippen molar-refractivity contribution in [2.24, 2.45) is 5.73 Å². The average Bonchev–Trinajstić information content (AvgIpc) is 3.07. The number of amides is 1. The highest BCUT2D eigenvalue weighted by Gasteiger charge is 2.52. The van der Waals surface area contributed by atoms with Crippen molar-refractivity contribution in [1.82, 2.24) is 9.88 Å². The number of aromatic nitrogens is 2. The first-order valence-electron chi connectivity index (χ1n) is 8.03. The number of hydrogen-bond donors (Lipinski definition) is 2. The average molecular weight is 389 g/mol. The smallest absolute Gasteiger partial charge is 0.352 e. The van der Waals surface area contributed by atoms with Crippen molar-refractivity contribution in [2.75, 3.05) is 5.75 Å². The number of hydrogen-bond acceptors (Lipinski definition) is 6. The predicted molar refractivity (Wildman–Crippen MR) is 98.2 cm³/mol. The van der Waals surface area contributed by atoms with E-state index < -0.39 is 12.0 Å². The van der Waals surface area contributed by atoms with Crippen molar-refractivity contribution in [3.63, 3.8) is 0 Å². The predicted octanol–water partition coefficient (Wildman–Crippen LogP) is 0.987. The summed E-state index contributed by atoms with van der Waals surface area (Å²) < 4.78 is 1.91. The zero-order chi connectivity index (χ0) is 18.4. The van der Waals surface area contributed by atoms with Gasteiger partial charge in [0, 0.05) is 40.1 Å². The molecule has 0 unspecified atom stereocenters. The monoisotopic (exact) mass is 389 g/mol. The van der Waals surface area contributed by atoms with Crippen LogP contribution in [0.2, 0.25) is 0 Å². The number of pyridine rings is 1. The van der Waals surface area contributed by atoms with Crippen molar-refractivity contribution in [2.45, 2.75) is 24.9 Å². The Bertz CT molecular complexity index is 922. The number of rotatable bonds is 4. The first-order chi connectivity index (χ1) is 12.5. The van der Waals surface area contributed by atoms with Crippen molar-refractivity contribution in [3.05, 3.63) is 46.9 Å². The third-order valence-corrected chi connectivity index (χ3v) is 6.79. The minimum atomic E-state index is -1.08. The number of aryl methyl sites for hydroxylation is 1. The quantitative estimate of drug-likeness (QED) is 0.597. The highest BCUT2D eigenvalue weighted by molar-refractivity contribution is 8.00. The number of aliphatic carboxylic acids is 1. The summed E-state index contributed by atoms with van der Waals surface area (Å²) in [6.45, 7) is 2.37. The van der Waals surface area contributed by atoms with Crippen LogP contribution >= 0.6 is 23.1 Å². The van der Waals surface area contributed by atoms with Gasteiger partial charge in [-0.15, -0.1) is 23.1 Å². The van der Waals surface area contributed by atoms with Crippen molar-refractivity contribution >= 4 is 35.0 Å². The molecule has 9 heteroatoms. The van der Waals surface area contributed by atoms with Crippen LogP contribution in [0.15, 0.2) is 41.2 Å². The largest absolute Gasteiger partial charge is 0.477 e. The summed E-state index contributed by atoms with van der Waals surface area (Å²) in [5.41, 5.74) is 8.57. The normalized spacial score (nSPS) is 22.2. The minimum absolute atomic E-state index is 0.0765. The van der Waals surface area contributed by atoms with Crippen molar-refractivity contribution < 1.29 is 19.3 Å². The molecule has 4 heterocycles. The van der Waals surface area contributed by atoms with Crippen LogP contribution in [0.3, 0.4) is 0 Å². The van der Waals surface area contributed by atoms with Crippen LogP contribution in [0.25, 0.3) is 10.6 Å². The summed E-state index contributed by atoms with van der Waals surface area (Å²) in [6.07, 6.45) is 3.80. The SMILES string of the molecule is Cc1csc(-c2cc[n+](CC3=C(C(=O)O)N4C(=O)[C@@H](N)[C@H]4SC3)cc2)n1. The number of carbonyl (C=O) groups excluding carboxylic acids is 1. The minimum Gasteiger partial charge on any atom is -0.477 e. The molecular formula is C17H17N4O3S2+. The molecule has 4 rings (SSSR count). The Morgan fingerprint density at radius 2 is 2.19 bits per heavy atom. The summed E-state index contributed by atoms with van der Waals surface area (Å²) in [5.74, 6) is -0.859. The molecule has 1 saturated heterocycles. The zero-order valence-corrected chi connectivity index (χ0v) is 15.6. The molecule has 26 heavy (non-hydrogen) atoms. The first kappa shape index (κ1) is 17.2. The Labute approximate surface area is 158 Å². The third kappa shape index (κ3) is 2.81. The molecule has 0 radical (unpaired) electrons. The molecule has 0 bridgehead atoms. The fraction of sp³-hybridized carbons (Fsp3) is 0.294. The van der Waals surface area contributed by atoms with Gasteiger partial charge in [-0.05, 0) is 6.92 Å². The molecule has 1 fully saturated rings. The second kappa shape index (κ2) is 6.49. The Hall–Kier alpha value is -2.23. The van der Waals surface area contributed by atoms with Gasteiger partial charge >= 0.3 is 5.97 Å². The lowest BCUT2D eigenvalue weighted by molar-refractivity contribution is -0.689. The van der Waals surface area contributed by atoms with E-state index in [1.54, 1.807) is 11.3 Å². The van der Waals surface area contributed by atoms with E-state index in [0.29, 0.717) is 17.9 Å². The Morgan fingerprint density at radius 3 is 2.81 bits per heavy atom. The van der Waals surface area contributed by atoms with E-state index in [4.69, 9.17) is 5.73 Å². The molecule has 2 aromatic rings. The summed E-state index contributed by atoms with van der Waals surface area (Å²) in [7, 11) is 0. The number of β-lactam (4-membered cyclic amide) rings is 1. The molecule has 0 aliphatic carbocycles. The topological polar surface area (TPSA) is 100 Å². The molecule has 2 aliphatic rings. The lowest BCUT2D eigenvalue weighted by atomic mass is 10.0. The summed E-state index contributed by atoms with van der Waals surface area (Å²) >= 11 is 3.10. The number of nitrogens with zero attached hydrogens (tertiary/aromatic N) is 3. The van der Waals surface area contributed by atoms with Crippen LogP contribution in [-0.4, -0.2) is 44.0 Å². The van der Waals surface area contributed by atoms with Crippen LogP contribution in [0, 0.1) is 6.92 Å². The first-order valence-corrected chi connectivity index (χ1v) is 9.95. The van der Waals surface area contributed by atoms with Crippen molar-refractivity contribution in [3.8, 4) is 10.6 Å². The van der Waals surface area contributed by atoms with E-state index in [1.807, 2.05) is 41.4 Å². The van der Waals surface area contributed by atoms with Crippen LogP contribution in [-0.2, 0) is 16.1 Å². The van der Waals surface area contributed by atoms with Gasteiger partial charge in [-0.1, -0.05) is 0 Å². The Balaban J connectivity index is 1.59. The van der Waals surface area contributed by atoms with E-state index in [-0.39, 0.29) is 17.0 Å². The van der Waals surface area contributed by atoms with E-state index in [9.17, 15) is 14.7 Å². The van der Waals surface area contributed by atoms with E-state index in [1.165, 1.54) is 16.7 Å². The zero-order valence-electron chi connectivity index (χ0n) is 14.0. The van der Waals surface area contributed by atoms with Gasteiger partial charge in [-0.25, -0.2) is 14.3 Å². The summed E-state index contributed by atoms with van der Waals surface area (Å²) in [4.78, 5) is 29.5. The number of nitrogens with two attached hydrogens (primary N) is 1. The number of fused-ring (bicyclic) bond motifs is 1. The van der Waals surface area contributed by atoms with Gasteiger partial charge in [0.2, 0.25) is 5.91 Å². The van der Waals surface area contributed by atoms with Gasteiger partial charge in [-0.3, -0.25) is 9.69 Å². The van der Waals surface area contributed by atoms with Crippen LogP contribution in [0.5, 0.6) is 0 Å². The van der Waals surface area contributed by atoms with Gasteiger partial charge in [0.05, 0.1) is 0 Å². The molecule has 2 aliphatic heterocycles. The van der Waals surface area contributed by atoms with Gasteiger partial charge < -0.3 is 10.8 Å². The fourth-order valence-electron chi connectivity index (χ4n) is 3.11. The second-order valence-electron chi connectivity index (χ2n) is 6.25. The number of thioether (sulfide) groups is 1. The van der Waals surface area contributed by atoms with Crippen LogP contribution in [0.1, 0.15) is 5.69 Å². The molecule has 0 aromatic carbocycles. The van der Waals surface area contributed by atoms with Gasteiger partial charge in [0.15, 0.2) is 18.9 Å².